The van der Waals surface area contributed by atoms with Crippen molar-refractivity contribution in [1.82, 2.24) is 0 Å². The van der Waals surface area contributed by atoms with Gasteiger partial charge in [-0.05, 0) is 77.0 Å². The van der Waals surface area contributed by atoms with E-state index in [-0.39, 0.29) is 32.0 Å². The Balaban J connectivity index is 4.25. The van der Waals surface area contributed by atoms with Crippen LogP contribution in [0.5, 0.6) is 0 Å². The molecule has 368 valence electrons. The van der Waals surface area contributed by atoms with Crippen LogP contribution in [0.3, 0.4) is 0 Å². The Morgan fingerprint density at radius 2 is 0.857 bits per heavy atom. The van der Waals surface area contributed by atoms with Crippen molar-refractivity contribution in [2.45, 2.75) is 232 Å². The zero-order valence-electron chi connectivity index (χ0n) is 41.6. The van der Waals surface area contributed by atoms with Crippen molar-refractivity contribution in [2.75, 3.05) is 47.5 Å². The van der Waals surface area contributed by atoms with Crippen molar-refractivity contribution in [2.24, 2.45) is 0 Å². The molecule has 0 aliphatic rings. The van der Waals surface area contributed by atoms with E-state index in [0.29, 0.717) is 17.4 Å². The Hall–Kier alpha value is -2.03. The molecule has 0 saturated carbocycles. The smallest absolute Gasteiger partial charge is 0.462 e. The molecule has 1 N–H and O–H groups in total. The van der Waals surface area contributed by atoms with E-state index in [4.69, 9.17) is 18.5 Å². The molecule has 2 atom stereocenters. The Bertz CT molecular complexity index is 1210. The summed E-state index contributed by atoms with van der Waals surface area (Å²) in [6, 6.07) is 0. The number of rotatable bonds is 47. The first kappa shape index (κ1) is 61.0. The molecular weight excluding hydrogens is 810 g/mol. The van der Waals surface area contributed by atoms with E-state index in [1.165, 1.54) is 122 Å². The van der Waals surface area contributed by atoms with Crippen molar-refractivity contribution >= 4 is 19.8 Å². The number of ether oxygens (including phenoxy) is 2. The molecule has 0 rings (SSSR count). The Morgan fingerprint density at radius 3 is 1.27 bits per heavy atom. The lowest BCUT2D eigenvalue weighted by Crippen LogP contribution is -2.37. The van der Waals surface area contributed by atoms with Crippen LogP contribution in [0.1, 0.15) is 226 Å². The second-order valence-corrected chi connectivity index (χ2v) is 20.0. The molecule has 0 bridgehead atoms. The molecule has 0 aromatic carbocycles. The Kier molecular flexibility index (Phi) is 43.7. The molecule has 0 amide bonds. The van der Waals surface area contributed by atoms with E-state index in [1.54, 1.807) is 0 Å². The number of nitrogens with zero attached hydrogens (tertiary/aromatic N) is 1. The summed E-state index contributed by atoms with van der Waals surface area (Å²) in [7, 11) is 1.47. The lowest BCUT2D eigenvalue weighted by atomic mass is 10.0. The van der Waals surface area contributed by atoms with Crippen molar-refractivity contribution in [3.05, 3.63) is 48.6 Å². The fourth-order valence-corrected chi connectivity index (χ4v) is 7.76. The zero-order chi connectivity index (χ0) is 46.4. The summed E-state index contributed by atoms with van der Waals surface area (Å²) < 4.78 is 34.4. The van der Waals surface area contributed by atoms with Crippen LogP contribution < -0.4 is 0 Å². The molecule has 0 aliphatic carbocycles. The molecule has 0 radical (unpaired) electrons. The van der Waals surface area contributed by atoms with Crippen LogP contribution in [0, 0.1) is 0 Å². The molecule has 0 spiro atoms. The molecule has 0 fully saturated rings. The number of hydrogen-bond donors (Lipinski definition) is 1. The van der Waals surface area contributed by atoms with Gasteiger partial charge in [-0.2, -0.15) is 0 Å². The van der Waals surface area contributed by atoms with Crippen LogP contribution in [0.4, 0.5) is 0 Å². The van der Waals surface area contributed by atoms with E-state index < -0.39 is 26.5 Å². The molecule has 63 heavy (non-hydrogen) atoms. The van der Waals surface area contributed by atoms with Crippen LogP contribution in [0.2, 0.25) is 0 Å². The van der Waals surface area contributed by atoms with Crippen molar-refractivity contribution in [3.63, 3.8) is 0 Å². The number of quaternary nitrogens is 1. The average Bonchev–Trinajstić information content (AvgIpc) is 3.24. The predicted molar refractivity (Wildman–Crippen MR) is 266 cm³/mol. The molecule has 0 aromatic rings. The van der Waals surface area contributed by atoms with Gasteiger partial charge in [0.25, 0.3) is 0 Å². The summed E-state index contributed by atoms with van der Waals surface area (Å²) in [6.45, 7) is 4.40. The quantitative estimate of drug-likeness (QED) is 0.0211. The highest BCUT2D eigenvalue weighted by molar-refractivity contribution is 7.47. The van der Waals surface area contributed by atoms with Crippen LogP contribution in [0.15, 0.2) is 48.6 Å². The number of carbonyl (C=O) groups is 2. The van der Waals surface area contributed by atoms with E-state index in [2.05, 4.69) is 62.5 Å². The Morgan fingerprint density at radius 1 is 0.492 bits per heavy atom. The van der Waals surface area contributed by atoms with Gasteiger partial charge in [0, 0.05) is 12.8 Å². The van der Waals surface area contributed by atoms with Gasteiger partial charge in [-0.15, -0.1) is 0 Å². The fourth-order valence-electron chi connectivity index (χ4n) is 7.02. The number of unbranched alkanes of at least 4 members (excludes halogenated alkanes) is 25. The van der Waals surface area contributed by atoms with E-state index in [9.17, 15) is 19.0 Å². The van der Waals surface area contributed by atoms with Gasteiger partial charge in [0.05, 0.1) is 27.7 Å². The molecule has 0 heterocycles. The van der Waals surface area contributed by atoms with Crippen molar-refractivity contribution in [3.8, 4) is 0 Å². The molecular formula is C53H99NO8P+. The predicted octanol–water partition coefficient (Wildman–Crippen LogP) is 15.4. The number of likely N-dealkylation sites (N-methyl/N-ethyl adjacent to an activating group) is 1. The van der Waals surface area contributed by atoms with E-state index in [1.807, 2.05) is 21.1 Å². The van der Waals surface area contributed by atoms with Gasteiger partial charge in [-0.1, -0.05) is 184 Å². The fraction of sp³-hybridized carbons (Fsp3) is 0.811. The second-order valence-electron chi connectivity index (χ2n) is 18.5. The first-order valence-corrected chi connectivity index (χ1v) is 27.4. The topological polar surface area (TPSA) is 108 Å². The second kappa shape index (κ2) is 45.1. The molecule has 0 aromatic heterocycles. The maximum Gasteiger partial charge on any atom is 0.472 e. The summed E-state index contributed by atoms with van der Waals surface area (Å²) in [5.41, 5.74) is 0. The van der Waals surface area contributed by atoms with Crippen molar-refractivity contribution < 1.29 is 42.1 Å². The minimum atomic E-state index is -4.38. The number of phosphoric acid groups is 1. The first-order chi connectivity index (χ1) is 30.5. The summed E-state index contributed by atoms with van der Waals surface area (Å²) in [5.74, 6) is -0.813. The largest absolute Gasteiger partial charge is 0.472 e. The lowest BCUT2D eigenvalue weighted by Gasteiger charge is -2.24. The van der Waals surface area contributed by atoms with Gasteiger partial charge in [0.2, 0.25) is 0 Å². The third-order valence-electron chi connectivity index (χ3n) is 11.1. The molecule has 2 unspecified atom stereocenters. The summed E-state index contributed by atoms with van der Waals surface area (Å²) in [4.78, 5) is 35.5. The number of carbonyl (C=O) groups excluding carboxylic acids is 2. The number of hydrogen-bond acceptors (Lipinski definition) is 7. The highest BCUT2D eigenvalue weighted by atomic mass is 31.2. The minimum absolute atomic E-state index is 0.0281. The number of esters is 2. The standard InChI is InChI=1S/C53H98NO8P/c1-6-8-10-12-14-16-18-20-22-24-25-26-27-28-29-30-32-34-36-38-40-42-44-46-53(56)62-51(50-61-63(57,58)60-48-47-54(3,4)5)49-59-52(55)45-43-41-39-37-35-33-31-23-21-19-17-15-13-11-9-7-2/h17-20,23-25,31,51H,6-16,21-22,26-30,32-50H2,1-5H3/p+1/b19-17-,20-18-,25-24-,31-23-. The third kappa shape index (κ3) is 49.2. The maximum absolute atomic E-state index is 12.8. The number of phosphoric ester groups is 1. The van der Waals surface area contributed by atoms with Gasteiger partial charge < -0.3 is 18.9 Å². The van der Waals surface area contributed by atoms with Crippen LogP contribution in [0.25, 0.3) is 0 Å². The maximum atomic E-state index is 12.8. The SMILES string of the molecule is CCCCCC/C=C\C/C=C\CCCCCCCC(=O)OCC(COP(=O)(O)OCC[N+](C)(C)C)OC(=O)CCCCCCCCCCCCC/C=C\C/C=C\CCCCCCC. The summed E-state index contributed by atoms with van der Waals surface area (Å²) in [6.07, 6.45) is 54.4. The Labute approximate surface area is 388 Å². The summed E-state index contributed by atoms with van der Waals surface area (Å²) in [5, 5.41) is 0. The van der Waals surface area contributed by atoms with Crippen molar-refractivity contribution in [1.29, 1.82) is 0 Å². The highest BCUT2D eigenvalue weighted by Gasteiger charge is 2.27. The highest BCUT2D eigenvalue weighted by Crippen LogP contribution is 2.43. The van der Waals surface area contributed by atoms with E-state index in [0.717, 1.165) is 70.6 Å². The van der Waals surface area contributed by atoms with Gasteiger partial charge in [0.15, 0.2) is 6.10 Å². The van der Waals surface area contributed by atoms with Crippen LogP contribution >= 0.6 is 7.82 Å². The molecule has 10 heteroatoms. The van der Waals surface area contributed by atoms with Crippen LogP contribution in [-0.2, 0) is 32.7 Å². The van der Waals surface area contributed by atoms with Crippen LogP contribution in [-0.4, -0.2) is 74.9 Å². The first-order valence-electron chi connectivity index (χ1n) is 25.9. The normalized spacial score (nSPS) is 13.8. The number of allylic oxidation sites excluding steroid dienone is 8. The molecule has 0 aliphatic heterocycles. The van der Waals surface area contributed by atoms with Gasteiger partial charge in [-0.3, -0.25) is 18.6 Å². The van der Waals surface area contributed by atoms with E-state index >= 15 is 0 Å². The van der Waals surface area contributed by atoms with Gasteiger partial charge in [0.1, 0.15) is 19.8 Å². The summed E-state index contributed by atoms with van der Waals surface area (Å²) >= 11 is 0. The van der Waals surface area contributed by atoms with Gasteiger partial charge in [-0.25, -0.2) is 4.57 Å². The minimum Gasteiger partial charge on any atom is -0.462 e. The monoisotopic (exact) mass is 909 g/mol. The van der Waals surface area contributed by atoms with Gasteiger partial charge >= 0.3 is 19.8 Å². The average molecular weight is 909 g/mol. The lowest BCUT2D eigenvalue weighted by molar-refractivity contribution is -0.870. The third-order valence-corrected chi connectivity index (χ3v) is 12.1. The molecule has 0 saturated heterocycles. The molecule has 9 nitrogen and oxygen atoms in total. The zero-order valence-corrected chi connectivity index (χ0v) is 42.5.